The lowest BCUT2D eigenvalue weighted by Crippen LogP contribution is -2.27. The first kappa shape index (κ1) is 19.8. The predicted molar refractivity (Wildman–Crippen MR) is 106 cm³/mol. The minimum Gasteiger partial charge on any atom is -0.493 e. The van der Waals surface area contributed by atoms with Crippen LogP contribution >= 0.6 is 11.8 Å². The summed E-state index contributed by atoms with van der Waals surface area (Å²) < 4.78 is 16.2. The molecule has 0 saturated heterocycles. The SMILES string of the molecule is COc1ccc(-c2nnc(SCC(=O)N(C)Cc3ccccc3)o2)cc1OC. The molecule has 0 bridgehead atoms. The number of aromatic nitrogens is 2. The lowest BCUT2D eigenvalue weighted by atomic mass is 10.2. The van der Waals surface area contributed by atoms with Crippen LogP contribution < -0.4 is 9.47 Å². The number of rotatable bonds is 8. The van der Waals surface area contributed by atoms with E-state index in [0.29, 0.717) is 34.7 Å². The Morgan fingerprint density at radius 2 is 1.82 bits per heavy atom. The van der Waals surface area contributed by atoms with Gasteiger partial charge < -0.3 is 18.8 Å². The van der Waals surface area contributed by atoms with Gasteiger partial charge in [0.15, 0.2) is 11.5 Å². The topological polar surface area (TPSA) is 77.7 Å². The van der Waals surface area contributed by atoms with Gasteiger partial charge in [-0.15, -0.1) is 10.2 Å². The molecule has 1 heterocycles. The molecule has 1 amide bonds. The van der Waals surface area contributed by atoms with E-state index in [1.54, 1.807) is 38.3 Å². The Morgan fingerprint density at radius 3 is 2.54 bits per heavy atom. The molecule has 0 aliphatic carbocycles. The molecule has 0 spiro atoms. The van der Waals surface area contributed by atoms with Crippen LogP contribution in [0.4, 0.5) is 0 Å². The van der Waals surface area contributed by atoms with E-state index < -0.39 is 0 Å². The summed E-state index contributed by atoms with van der Waals surface area (Å²) in [5.74, 6) is 1.75. The Morgan fingerprint density at radius 1 is 1.07 bits per heavy atom. The van der Waals surface area contributed by atoms with Crippen LogP contribution in [0.1, 0.15) is 5.56 Å². The molecule has 7 nitrogen and oxygen atoms in total. The molecule has 3 rings (SSSR count). The first-order valence-electron chi connectivity index (χ1n) is 8.57. The van der Waals surface area contributed by atoms with E-state index in [1.807, 2.05) is 36.4 Å². The van der Waals surface area contributed by atoms with E-state index >= 15 is 0 Å². The number of carbonyl (C=O) groups is 1. The monoisotopic (exact) mass is 399 g/mol. The largest absolute Gasteiger partial charge is 0.493 e. The molecule has 0 saturated carbocycles. The fourth-order valence-corrected chi connectivity index (χ4v) is 3.24. The predicted octanol–water partition coefficient (Wildman–Crippen LogP) is 3.50. The average molecular weight is 399 g/mol. The molecule has 0 atom stereocenters. The third-order valence-corrected chi connectivity index (χ3v) is 4.85. The second kappa shape index (κ2) is 9.27. The average Bonchev–Trinajstić information content (AvgIpc) is 3.21. The number of methoxy groups -OCH3 is 2. The number of ether oxygens (including phenoxy) is 2. The zero-order chi connectivity index (χ0) is 19.9. The number of amides is 1. The van der Waals surface area contributed by atoms with Crippen LogP contribution in [0.25, 0.3) is 11.5 Å². The minimum atomic E-state index is -0.0141. The molecule has 3 aromatic rings. The van der Waals surface area contributed by atoms with Crippen LogP contribution in [0.5, 0.6) is 11.5 Å². The maximum atomic E-state index is 12.3. The Kier molecular flexibility index (Phi) is 6.54. The van der Waals surface area contributed by atoms with Crippen LogP contribution in [-0.4, -0.2) is 48.0 Å². The summed E-state index contributed by atoms with van der Waals surface area (Å²) in [5.41, 5.74) is 1.79. The zero-order valence-electron chi connectivity index (χ0n) is 15.9. The molecule has 0 N–H and O–H groups in total. The van der Waals surface area contributed by atoms with Gasteiger partial charge in [-0.25, -0.2) is 0 Å². The maximum Gasteiger partial charge on any atom is 0.277 e. The lowest BCUT2D eigenvalue weighted by molar-refractivity contribution is -0.127. The number of thioether (sulfide) groups is 1. The highest BCUT2D eigenvalue weighted by Gasteiger charge is 2.15. The van der Waals surface area contributed by atoms with E-state index in [9.17, 15) is 4.79 Å². The van der Waals surface area contributed by atoms with Gasteiger partial charge in [0.05, 0.1) is 20.0 Å². The molecule has 0 aliphatic heterocycles. The number of benzene rings is 2. The van der Waals surface area contributed by atoms with Gasteiger partial charge in [-0.1, -0.05) is 42.1 Å². The first-order valence-corrected chi connectivity index (χ1v) is 9.56. The molecule has 8 heteroatoms. The quantitative estimate of drug-likeness (QED) is 0.537. The second-order valence-corrected chi connectivity index (χ2v) is 6.89. The van der Waals surface area contributed by atoms with Crippen molar-refractivity contribution in [2.45, 2.75) is 11.8 Å². The molecule has 2 aromatic carbocycles. The van der Waals surface area contributed by atoms with E-state index in [-0.39, 0.29) is 11.7 Å². The molecule has 0 unspecified atom stereocenters. The number of hydrogen-bond acceptors (Lipinski definition) is 7. The van der Waals surface area contributed by atoms with Crippen molar-refractivity contribution in [1.29, 1.82) is 0 Å². The highest BCUT2D eigenvalue weighted by molar-refractivity contribution is 7.99. The third kappa shape index (κ3) is 4.83. The van der Waals surface area contributed by atoms with Gasteiger partial charge >= 0.3 is 0 Å². The standard InChI is InChI=1S/C20H21N3O4S/c1-23(12-14-7-5-4-6-8-14)18(24)13-28-20-22-21-19(27-20)15-9-10-16(25-2)17(11-15)26-3/h4-11H,12-13H2,1-3H3. The van der Waals surface area contributed by atoms with Gasteiger partial charge in [-0.2, -0.15) is 0 Å². The van der Waals surface area contributed by atoms with Crippen molar-refractivity contribution in [3.8, 4) is 23.0 Å². The fourth-order valence-electron chi connectivity index (χ4n) is 2.53. The number of hydrogen-bond donors (Lipinski definition) is 0. The van der Waals surface area contributed by atoms with E-state index in [2.05, 4.69) is 10.2 Å². The number of nitrogens with zero attached hydrogens (tertiary/aromatic N) is 3. The van der Waals surface area contributed by atoms with Gasteiger partial charge in [0.25, 0.3) is 5.22 Å². The highest BCUT2D eigenvalue weighted by atomic mass is 32.2. The summed E-state index contributed by atoms with van der Waals surface area (Å²) >= 11 is 1.21. The normalized spacial score (nSPS) is 10.5. The minimum absolute atomic E-state index is 0.0141. The van der Waals surface area contributed by atoms with E-state index in [4.69, 9.17) is 13.9 Å². The molecule has 0 radical (unpaired) electrons. The molecule has 146 valence electrons. The zero-order valence-corrected chi connectivity index (χ0v) is 16.7. The lowest BCUT2D eigenvalue weighted by Gasteiger charge is -2.16. The Balaban J connectivity index is 1.59. The Labute approximate surface area is 167 Å². The molecule has 0 aliphatic rings. The van der Waals surface area contributed by atoms with E-state index in [0.717, 1.165) is 5.56 Å². The summed E-state index contributed by atoms with van der Waals surface area (Å²) in [6, 6.07) is 15.2. The van der Waals surface area contributed by atoms with Crippen molar-refractivity contribution in [2.75, 3.05) is 27.0 Å². The summed E-state index contributed by atoms with van der Waals surface area (Å²) in [4.78, 5) is 14.0. The van der Waals surface area contributed by atoms with Gasteiger partial charge in [0.1, 0.15) is 0 Å². The van der Waals surface area contributed by atoms with E-state index in [1.165, 1.54) is 11.8 Å². The van der Waals surface area contributed by atoms with Crippen molar-refractivity contribution in [3.05, 3.63) is 54.1 Å². The molecule has 1 aromatic heterocycles. The van der Waals surface area contributed by atoms with Crippen molar-refractivity contribution < 1.29 is 18.7 Å². The number of carbonyl (C=O) groups excluding carboxylic acids is 1. The van der Waals surface area contributed by atoms with Gasteiger partial charge in [-0.05, 0) is 23.8 Å². The maximum absolute atomic E-state index is 12.3. The first-order chi connectivity index (χ1) is 13.6. The Bertz CT molecular complexity index is 930. The molecule has 0 fully saturated rings. The van der Waals surface area contributed by atoms with Gasteiger partial charge in [-0.3, -0.25) is 4.79 Å². The highest BCUT2D eigenvalue weighted by Crippen LogP contribution is 2.32. The molecular formula is C20H21N3O4S. The van der Waals surface area contributed by atoms with Crippen LogP contribution in [0.3, 0.4) is 0 Å². The summed E-state index contributed by atoms with van der Waals surface area (Å²) in [6.07, 6.45) is 0. The molecule has 28 heavy (non-hydrogen) atoms. The van der Waals surface area contributed by atoms with Crippen LogP contribution in [0.2, 0.25) is 0 Å². The van der Waals surface area contributed by atoms with Crippen LogP contribution in [-0.2, 0) is 11.3 Å². The Hall–Kier alpha value is -3.00. The van der Waals surface area contributed by atoms with Crippen LogP contribution in [0.15, 0.2) is 58.2 Å². The second-order valence-electron chi connectivity index (χ2n) is 5.97. The van der Waals surface area contributed by atoms with Crippen molar-refractivity contribution >= 4 is 17.7 Å². The smallest absolute Gasteiger partial charge is 0.277 e. The van der Waals surface area contributed by atoms with Crippen molar-refractivity contribution in [3.63, 3.8) is 0 Å². The summed E-state index contributed by atoms with van der Waals surface area (Å²) in [5, 5.41) is 8.40. The fraction of sp³-hybridized carbons (Fsp3) is 0.250. The van der Waals surface area contributed by atoms with Crippen molar-refractivity contribution in [1.82, 2.24) is 15.1 Å². The van der Waals surface area contributed by atoms with Gasteiger partial charge in [0.2, 0.25) is 11.8 Å². The molecular weight excluding hydrogens is 378 g/mol. The summed E-state index contributed by atoms with van der Waals surface area (Å²) in [6.45, 7) is 0.557. The van der Waals surface area contributed by atoms with Crippen LogP contribution in [0, 0.1) is 0 Å². The van der Waals surface area contributed by atoms with Crippen molar-refractivity contribution in [2.24, 2.45) is 0 Å². The summed E-state index contributed by atoms with van der Waals surface area (Å²) in [7, 11) is 4.91. The third-order valence-electron chi connectivity index (χ3n) is 4.04. The van der Waals surface area contributed by atoms with Gasteiger partial charge in [0, 0.05) is 19.2 Å².